The molecule has 1 heterocycles. The van der Waals surface area contributed by atoms with Gasteiger partial charge in [0.05, 0.1) is 24.3 Å². The first-order valence-corrected chi connectivity index (χ1v) is 12.0. The van der Waals surface area contributed by atoms with E-state index in [0.717, 1.165) is 42.6 Å². The van der Waals surface area contributed by atoms with Crippen molar-refractivity contribution in [1.82, 2.24) is 10.2 Å². The number of hydrogen-bond donors (Lipinski definition) is 1. The predicted octanol–water partition coefficient (Wildman–Crippen LogP) is 5.15. The molecule has 0 spiro atoms. The lowest BCUT2D eigenvalue weighted by molar-refractivity contribution is -0.121. The zero-order chi connectivity index (χ0) is 24.6. The summed E-state index contributed by atoms with van der Waals surface area (Å²) in [7, 11) is 1.63. The van der Waals surface area contributed by atoms with Crippen LogP contribution in [-0.2, 0) is 4.79 Å². The van der Waals surface area contributed by atoms with Crippen LogP contribution in [0.5, 0.6) is 5.75 Å². The van der Waals surface area contributed by atoms with Crippen LogP contribution in [0, 0.1) is 0 Å². The van der Waals surface area contributed by atoms with Crippen molar-refractivity contribution in [1.29, 1.82) is 0 Å². The molecule has 0 saturated heterocycles. The van der Waals surface area contributed by atoms with Crippen LogP contribution >= 0.6 is 0 Å². The minimum Gasteiger partial charge on any atom is -0.497 e. The third kappa shape index (κ3) is 5.77. The first-order valence-electron chi connectivity index (χ1n) is 12.0. The van der Waals surface area contributed by atoms with Gasteiger partial charge in [-0.15, -0.1) is 0 Å². The van der Waals surface area contributed by atoms with E-state index in [4.69, 9.17) is 4.74 Å². The summed E-state index contributed by atoms with van der Waals surface area (Å²) in [6, 6.07) is 24.3. The molecule has 0 bridgehead atoms. The number of methoxy groups -OCH3 is 1. The Morgan fingerprint density at radius 3 is 1.97 bits per heavy atom. The van der Waals surface area contributed by atoms with Gasteiger partial charge < -0.3 is 10.1 Å². The van der Waals surface area contributed by atoms with Gasteiger partial charge in [0.2, 0.25) is 5.91 Å². The quantitative estimate of drug-likeness (QED) is 0.311. The minimum atomic E-state index is -0.233. The molecule has 3 aromatic carbocycles. The molecule has 0 aromatic heterocycles. The van der Waals surface area contributed by atoms with Crippen molar-refractivity contribution in [3.63, 3.8) is 0 Å². The molecule has 1 unspecified atom stereocenters. The normalized spacial score (nSPS) is 13.5. The largest absolute Gasteiger partial charge is 0.497 e. The first-order chi connectivity index (χ1) is 17.1. The second-order valence-corrected chi connectivity index (χ2v) is 8.66. The fraction of sp³-hybridized carbons (Fsp3) is 0.276. The molecule has 1 atom stereocenters. The van der Waals surface area contributed by atoms with Crippen LogP contribution in [0.4, 0.5) is 0 Å². The van der Waals surface area contributed by atoms with Crippen molar-refractivity contribution in [3.05, 3.63) is 101 Å². The summed E-state index contributed by atoms with van der Waals surface area (Å²) in [5, 5.41) is 3.17. The average molecular weight is 471 g/mol. The molecule has 0 radical (unpaired) electrons. The van der Waals surface area contributed by atoms with Gasteiger partial charge in [0.25, 0.3) is 11.8 Å². The number of rotatable bonds is 11. The Morgan fingerprint density at radius 2 is 1.34 bits per heavy atom. The van der Waals surface area contributed by atoms with E-state index in [1.807, 2.05) is 54.6 Å². The molecule has 180 valence electrons. The lowest BCUT2D eigenvalue weighted by Crippen LogP contribution is -2.30. The van der Waals surface area contributed by atoms with Gasteiger partial charge >= 0.3 is 0 Å². The number of imide groups is 1. The summed E-state index contributed by atoms with van der Waals surface area (Å²) in [5.41, 5.74) is 2.98. The Morgan fingerprint density at radius 1 is 0.771 bits per heavy atom. The van der Waals surface area contributed by atoms with Gasteiger partial charge in [0.1, 0.15) is 5.75 Å². The number of carbonyl (C=O) groups excluding carboxylic acids is 3. The van der Waals surface area contributed by atoms with E-state index in [1.54, 1.807) is 31.4 Å². The fourth-order valence-corrected chi connectivity index (χ4v) is 4.39. The zero-order valence-electron chi connectivity index (χ0n) is 19.9. The molecule has 4 rings (SSSR count). The van der Waals surface area contributed by atoms with E-state index in [1.165, 1.54) is 4.90 Å². The number of hydrogen-bond acceptors (Lipinski definition) is 4. The molecular formula is C29H30N2O4. The Balaban J connectivity index is 1.23. The van der Waals surface area contributed by atoms with E-state index in [0.29, 0.717) is 24.1 Å². The average Bonchev–Trinajstić information content (AvgIpc) is 3.14. The van der Waals surface area contributed by atoms with Crippen molar-refractivity contribution in [2.75, 3.05) is 13.7 Å². The van der Waals surface area contributed by atoms with E-state index in [-0.39, 0.29) is 23.8 Å². The molecule has 6 nitrogen and oxygen atoms in total. The van der Waals surface area contributed by atoms with Gasteiger partial charge in [-0.3, -0.25) is 19.3 Å². The highest BCUT2D eigenvalue weighted by atomic mass is 16.5. The maximum atomic E-state index is 12.7. The van der Waals surface area contributed by atoms with Crippen LogP contribution in [0.2, 0.25) is 0 Å². The number of nitrogens with zero attached hydrogens (tertiary/aromatic N) is 1. The molecule has 1 aliphatic heterocycles. The number of amides is 3. The summed E-state index contributed by atoms with van der Waals surface area (Å²) in [4.78, 5) is 38.9. The van der Waals surface area contributed by atoms with Crippen LogP contribution < -0.4 is 10.1 Å². The van der Waals surface area contributed by atoms with Crippen molar-refractivity contribution in [2.24, 2.45) is 0 Å². The Labute approximate surface area is 205 Å². The SMILES string of the molecule is COc1ccc(C(NC(=O)CCCCCCN2C(=O)c3ccccc3C2=O)c2ccccc2)cc1. The molecule has 0 aliphatic carbocycles. The number of benzene rings is 3. The monoisotopic (exact) mass is 470 g/mol. The van der Waals surface area contributed by atoms with E-state index < -0.39 is 0 Å². The van der Waals surface area contributed by atoms with Crippen LogP contribution in [0.3, 0.4) is 0 Å². The van der Waals surface area contributed by atoms with E-state index >= 15 is 0 Å². The smallest absolute Gasteiger partial charge is 0.261 e. The molecule has 3 amide bonds. The third-order valence-electron chi connectivity index (χ3n) is 6.30. The van der Waals surface area contributed by atoms with E-state index in [2.05, 4.69) is 5.32 Å². The molecular weight excluding hydrogens is 440 g/mol. The van der Waals surface area contributed by atoms with E-state index in [9.17, 15) is 14.4 Å². The lowest BCUT2D eigenvalue weighted by atomic mass is 9.98. The van der Waals surface area contributed by atoms with Gasteiger partial charge in [-0.1, -0.05) is 67.4 Å². The third-order valence-corrected chi connectivity index (χ3v) is 6.30. The highest BCUT2D eigenvalue weighted by molar-refractivity contribution is 6.21. The van der Waals surface area contributed by atoms with Crippen molar-refractivity contribution < 1.29 is 19.1 Å². The molecule has 0 saturated carbocycles. The van der Waals surface area contributed by atoms with Crippen LogP contribution in [0.25, 0.3) is 0 Å². The first kappa shape index (κ1) is 24.2. The summed E-state index contributed by atoms with van der Waals surface area (Å²) in [6.07, 6.45) is 3.60. The zero-order valence-corrected chi connectivity index (χ0v) is 19.9. The Bertz CT molecular complexity index is 1140. The molecule has 6 heteroatoms. The molecule has 1 aliphatic rings. The van der Waals surface area contributed by atoms with Crippen molar-refractivity contribution >= 4 is 17.7 Å². The summed E-state index contributed by atoms with van der Waals surface area (Å²) in [6.45, 7) is 0.409. The minimum absolute atomic E-state index is 0.00461. The van der Waals surface area contributed by atoms with Gasteiger partial charge in [-0.05, 0) is 48.2 Å². The topological polar surface area (TPSA) is 75.7 Å². The Kier molecular flexibility index (Phi) is 7.93. The fourth-order valence-electron chi connectivity index (χ4n) is 4.39. The number of carbonyl (C=O) groups is 3. The number of unbranched alkanes of at least 4 members (excludes halogenated alkanes) is 3. The predicted molar refractivity (Wildman–Crippen MR) is 134 cm³/mol. The van der Waals surface area contributed by atoms with Gasteiger partial charge in [-0.2, -0.15) is 0 Å². The second kappa shape index (κ2) is 11.5. The Hall–Kier alpha value is -3.93. The highest BCUT2D eigenvalue weighted by Crippen LogP contribution is 2.25. The molecule has 1 N–H and O–H groups in total. The number of nitrogens with one attached hydrogen (secondary N) is 1. The molecule has 35 heavy (non-hydrogen) atoms. The van der Waals surface area contributed by atoms with Crippen molar-refractivity contribution in [3.8, 4) is 5.75 Å². The molecule has 0 fully saturated rings. The van der Waals surface area contributed by atoms with Crippen LogP contribution in [-0.4, -0.2) is 36.3 Å². The molecule has 3 aromatic rings. The second-order valence-electron chi connectivity index (χ2n) is 8.66. The van der Waals surface area contributed by atoms with Crippen molar-refractivity contribution in [2.45, 2.75) is 38.1 Å². The maximum Gasteiger partial charge on any atom is 0.261 e. The van der Waals surface area contributed by atoms with Gasteiger partial charge in [0.15, 0.2) is 0 Å². The van der Waals surface area contributed by atoms with Gasteiger partial charge in [-0.25, -0.2) is 0 Å². The maximum absolute atomic E-state index is 12.7. The highest BCUT2D eigenvalue weighted by Gasteiger charge is 2.34. The number of ether oxygens (including phenoxy) is 1. The summed E-state index contributed by atoms with van der Waals surface area (Å²) in [5.74, 6) is 0.342. The van der Waals surface area contributed by atoms with Crippen LogP contribution in [0.1, 0.15) is 70.0 Å². The summed E-state index contributed by atoms with van der Waals surface area (Å²) < 4.78 is 5.25. The summed E-state index contributed by atoms with van der Waals surface area (Å²) >= 11 is 0. The van der Waals surface area contributed by atoms with Gasteiger partial charge in [0, 0.05) is 13.0 Å². The standard InChI is InChI=1S/C29H30N2O4/c1-35-23-18-16-22(17-19-23)27(21-11-5-4-6-12-21)30-26(32)15-7-2-3-10-20-31-28(33)24-13-8-9-14-25(24)29(31)34/h4-6,8-9,11-14,16-19,27H,2-3,7,10,15,20H2,1H3,(H,30,32). The lowest BCUT2D eigenvalue weighted by Gasteiger charge is -2.20. The van der Waals surface area contributed by atoms with Crippen LogP contribution in [0.15, 0.2) is 78.9 Å². The number of fused-ring (bicyclic) bond motifs is 1.